The van der Waals surface area contributed by atoms with Crippen LogP contribution >= 0.6 is 0 Å². The van der Waals surface area contributed by atoms with Crippen molar-refractivity contribution in [1.29, 1.82) is 0 Å². The summed E-state index contributed by atoms with van der Waals surface area (Å²) >= 11 is 0. The molecule has 3 rings (SSSR count). The Balaban J connectivity index is 1.96. The molecule has 1 fully saturated rings. The summed E-state index contributed by atoms with van der Waals surface area (Å²) in [6.07, 6.45) is 2.40. The summed E-state index contributed by atoms with van der Waals surface area (Å²) in [6.45, 7) is 3.78. The molecule has 0 saturated heterocycles. The van der Waals surface area contributed by atoms with Crippen LogP contribution in [-0.4, -0.2) is 15.7 Å². The van der Waals surface area contributed by atoms with Crippen molar-refractivity contribution in [2.24, 2.45) is 5.92 Å². The van der Waals surface area contributed by atoms with Gasteiger partial charge in [-0.05, 0) is 25.0 Å². The molecule has 1 amide bonds. The molecule has 2 aromatic rings. The Bertz CT molecular complexity index is 612. The highest BCUT2D eigenvalue weighted by molar-refractivity contribution is 5.91. The SMILES string of the molecule is CC(C)C(=O)Nc1cc(C2CC2)nn1-c1ccccc1. The third-order valence-corrected chi connectivity index (χ3v) is 3.50. The minimum Gasteiger partial charge on any atom is -0.310 e. The number of hydrogen-bond acceptors (Lipinski definition) is 2. The molecule has 1 aliphatic carbocycles. The molecule has 1 saturated carbocycles. The first-order chi connectivity index (χ1) is 9.65. The number of carbonyl (C=O) groups is 1. The maximum atomic E-state index is 11.9. The van der Waals surface area contributed by atoms with Crippen LogP contribution in [0.15, 0.2) is 36.4 Å². The van der Waals surface area contributed by atoms with Gasteiger partial charge < -0.3 is 5.32 Å². The molecule has 20 heavy (non-hydrogen) atoms. The summed E-state index contributed by atoms with van der Waals surface area (Å²) in [5.74, 6) is 1.30. The van der Waals surface area contributed by atoms with Gasteiger partial charge in [0.2, 0.25) is 5.91 Å². The molecule has 104 valence electrons. The Kier molecular flexibility index (Phi) is 3.30. The Morgan fingerprint density at radius 1 is 1.30 bits per heavy atom. The first-order valence-electron chi connectivity index (χ1n) is 7.11. The number of aromatic nitrogens is 2. The number of nitrogens with zero attached hydrogens (tertiary/aromatic N) is 2. The van der Waals surface area contributed by atoms with Gasteiger partial charge in [0, 0.05) is 17.9 Å². The summed E-state index contributed by atoms with van der Waals surface area (Å²) in [5.41, 5.74) is 2.05. The van der Waals surface area contributed by atoms with Crippen LogP contribution in [0.5, 0.6) is 0 Å². The number of anilines is 1. The molecule has 0 aliphatic heterocycles. The van der Waals surface area contributed by atoms with Gasteiger partial charge >= 0.3 is 0 Å². The molecule has 0 atom stereocenters. The van der Waals surface area contributed by atoms with Crippen LogP contribution in [0.3, 0.4) is 0 Å². The van der Waals surface area contributed by atoms with E-state index in [0.717, 1.165) is 17.2 Å². The van der Waals surface area contributed by atoms with Gasteiger partial charge in [0.05, 0.1) is 11.4 Å². The fourth-order valence-electron chi connectivity index (χ4n) is 2.10. The van der Waals surface area contributed by atoms with Crippen molar-refractivity contribution in [1.82, 2.24) is 9.78 Å². The van der Waals surface area contributed by atoms with Gasteiger partial charge in [0.15, 0.2) is 0 Å². The second-order valence-corrected chi connectivity index (χ2v) is 5.62. The normalized spacial score (nSPS) is 14.6. The maximum Gasteiger partial charge on any atom is 0.228 e. The Morgan fingerprint density at radius 3 is 2.60 bits per heavy atom. The fraction of sp³-hybridized carbons (Fsp3) is 0.375. The first kappa shape index (κ1) is 12.9. The van der Waals surface area contributed by atoms with E-state index in [0.29, 0.717) is 5.92 Å². The van der Waals surface area contributed by atoms with Crippen molar-refractivity contribution in [2.75, 3.05) is 5.32 Å². The van der Waals surface area contributed by atoms with E-state index in [2.05, 4.69) is 10.4 Å². The van der Waals surface area contributed by atoms with Gasteiger partial charge in [-0.3, -0.25) is 4.79 Å². The molecule has 1 aliphatic rings. The van der Waals surface area contributed by atoms with E-state index >= 15 is 0 Å². The van der Waals surface area contributed by atoms with Crippen molar-refractivity contribution in [3.8, 4) is 5.69 Å². The van der Waals surface area contributed by atoms with Crippen LogP contribution in [0.4, 0.5) is 5.82 Å². The molecule has 0 bridgehead atoms. The number of para-hydroxylation sites is 1. The minimum atomic E-state index is -0.0431. The van der Waals surface area contributed by atoms with E-state index in [-0.39, 0.29) is 11.8 Å². The molecule has 0 radical (unpaired) electrons. The van der Waals surface area contributed by atoms with Gasteiger partial charge in [-0.1, -0.05) is 32.0 Å². The monoisotopic (exact) mass is 269 g/mol. The van der Waals surface area contributed by atoms with Crippen molar-refractivity contribution in [3.05, 3.63) is 42.1 Å². The van der Waals surface area contributed by atoms with E-state index < -0.39 is 0 Å². The average molecular weight is 269 g/mol. The lowest BCUT2D eigenvalue weighted by atomic mass is 10.2. The lowest BCUT2D eigenvalue weighted by Crippen LogP contribution is -2.19. The number of nitrogens with one attached hydrogen (secondary N) is 1. The molecule has 0 unspecified atom stereocenters. The molecule has 4 heteroatoms. The lowest BCUT2D eigenvalue weighted by molar-refractivity contribution is -0.118. The highest BCUT2D eigenvalue weighted by atomic mass is 16.1. The molecule has 1 N–H and O–H groups in total. The average Bonchev–Trinajstić information content (AvgIpc) is 3.21. The number of benzene rings is 1. The van der Waals surface area contributed by atoms with E-state index in [9.17, 15) is 4.79 Å². The predicted octanol–water partition coefficient (Wildman–Crippen LogP) is 3.34. The number of rotatable bonds is 4. The van der Waals surface area contributed by atoms with Gasteiger partial charge in [0.25, 0.3) is 0 Å². The topological polar surface area (TPSA) is 46.9 Å². The highest BCUT2D eigenvalue weighted by Crippen LogP contribution is 2.40. The van der Waals surface area contributed by atoms with Gasteiger partial charge in [-0.2, -0.15) is 5.10 Å². The Morgan fingerprint density at radius 2 is 2.00 bits per heavy atom. The van der Waals surface area contributed by atoms with Crippen LogP contribution in [0, 0.1) is 5.92 Å². The van der Waals surface area contributed by atoms with Crippen LogP contribution in [0.25, 0.3) is 5.69 Å². The van der Waals surface area contributed by atoms with E-state index in [1.165, 1.54) is 12.8 Å². The van der Waals surface area contributed by atoms with Crippen molar-refractivity contribution >= 4 is 11.7 Å². The third-order valence-electron chi connectivity index (χ3n) is 3.50. The molecule has 0 spiro atoms. The van der Waals surface area contributed by atoms with E-state index in [4.69, 9.17) is 0 Å². The van der Waals surface area contributed by atoms with Gasteiger partial charge in [0.1, 0.15) is 5.82 Å². The van der Waals surface area contributed by atoms with Crippen LogP contribution in [0.2, 0.25) is 0 Å². The largest absolute Gasteiger partial charge is 0.310 e. The fourth-order valence-corrected chi connectivity index (χ4v) is 2.10. The minimum absolute atomic E-state index is 0.0180. The molecule has 4 nitrogen and oxygen atoms in total. The first-order valence-corrected chi connectivity index (χ1v) is 7.11. The van der Waals surface area contributed by atoms with Crippen LogP contribution < -0.4 is 5.32 Å². The van der Waals surface area contributed by atoms with Gasteiger partial charge in [-0.25, -0.2) is 4.68 Å². The van der Waals surface area contributed by atoms with Crippen LogP contribution in [0.1, 0.15) is 38.3 Å². The third kappa shape index (κ3) is 2.59. The zero-order chi connectivity index (χ0) is 14.1. The quantitative estimate of drug-likeness (QED) is 0.925. The highest BCUT2D eigenvalue weighted by Gasteiger charge is 2.28. The zero-order valence-corrected chi connectivity index (χ0v) is 11.8. The maximum absolute atomic E-state index is 11.9. The molecule has 1 heterocycles. The van der Waals surface area contributed by atoms with Crippen LogP contribution in [-0.2, 0) is 4.79 Å². The van der Waals surface area contributed by atoms with E-state index in [1.807, 2.05) is 54.9 Å². The Hall–Kier alpha value is -2.10. The summed E-state index contributed by atoms with van der Waals surface area (Å²) in [6, 6.07) is 11.9. The van der Waals surface area contributed by atoms with Crippen molar-refractivity contribution in [3.63, 3.8) is 0 Å². The number of amides is 1. The van der Waals surface area contributed by atoms with Crippen molar-refractivity contribution in [2.45, 2.75) is 32.6 Å². The summed E-state index contributed by atoms with van der Waals surface area (Å²) in [7, 11) is 0. The van der Waals surface area contributed by atoms with Gasteiger partial charge in [-0.15, -0.1) is 0 Å². The molecule has 1 aromatic heterocycles. The second kappa shape index (κ2) is 5.12. The molecule has 1 aromatic carbocycles. The predicted molar refractivity (Wildman–Crippen MR) is 79.0 cm³/mol. The second-order valence-electron chi connectivity index (χ2n) is 5.62. The van der Waals surface area contributed by atoms with Crippen molar-refractivity contribution < 1.29 is 4.79 Å². The zero-order valence-electron chi connectivity index (χ0n) is 11.8. The Labute approximate surface area is 118 Å². The summed E-state index contributed by atoms with van der Waals surface area (Å²) < 4.78 is 1.83. The van der Waals surface area contributed by atoms with E-state index in [1.54, 1.807) is 0 Å². The summed E-state index contributed by atoms with van der Waals surface area (Å²) in [5, 5.41) is 7.63. The summed E-state index contributed by atoms with van der Waals surface area (Å²) in [4.78, 5) is 11.9. The number of hydrogen-bond donors (Lipinski definition) is 1. The molecular weight excluding hydrogens is 250 g/mol. The smallest absolute Gasteiger partial charge is 0.228 e. The standard InChI is InChI=1S/C16H19N3O/c1-11(2)16(20)17-15-10-14(12-8-9-12)18-19(15)13-6-4-3-5-7-13/h3-7,10-12H,8-9H2,1-2H3,(H,17,20). The molecular formula is C16H19N3O. The lowest BCUT2D eigenvalue weighted by Gasteiger charge is -2.10. The number of carbonyl (C=O) groups excluding carboxylic acids is 1.